The molecule has 1 heterocycles. The minimum Gasteiger partial charge on any atom is -0.434 e. The zero-order chi connectivity index (χ0) is 19.9. The molecule has 0 aliphatic heterocycles. The molecule has 0 fully saturated rings. The zero-order valence-corrected chi connectivity index (χ0v) is 15.2. The second-order valence-electron chi connectivity index (χ2n) is 6.09. The lowest BCUT2D eigenvalue weighted by Gasteiger charge is -2.11. The molecule has 3 aromatic rings. The van der Waals surface area contributed by atoms with Crippen LogP contribution in [0.15, 0.2) is 48.5 Å². The summed E-state index contributed by atoms with van der Waals surface area (Å²) >= 11 is 0. The van der Waals surface area contributed by atoms with E-state index in [2.05, 4.69) is 25.5 Å². The zero-order valence-electron chi connectivity index (χ0n) is 15.2. The Morgan fingerprint density at radius 2 is 2.00 bits per heavy atom. The lowest BCUT2D eigenvalue weighted by Crippen LogP contribution is -2.13. The van der Waals surface area contributed by atoms with Crippen molar-refractivity contribution in [1.82, 2.24) is 20.2 Å². The Bertz CT molecular complexity index is 931. The van der Waals surface area contributed by atoms with Gasteiger partial charge in [0.1, 0.15) is 5.75 Å². The van der Waals surface area contributed by atoms with Crippen molar-refractivity contribution in [2.45, 2.75) is 32.9 Å². The summed E-state index contributed by atoms with van der Waals surface area (Å²) in [5.74, 6) is 0.319. The molecule has 9 heteroatoms. The van der Waals surface area contributed by atoms with Gasteiger partial charge in [-0.05, 0) is 30.2 Å². The van der Waals surface area contributed by atoms with Gasteiger partial charge in [-0.1, -0.05) is 36.4 Å². The topological polar surface area (TPSA) is 81.9 Å². The van der Waals surface area contributed by atoms with Crippen molar-refractivity contribution in [3.05, 3.63) is 54.1 Å². The summed E-state index contributed by atoms with van der Waals surface area (Å²) in [6, 6.07) is 14.1. The molecule has 1 N–H and O–H groups in total. The molecule has 146 valence electrons. The van der Waals surface area contributed by atoms with Crippen LogP contribution in [0.1, 0.15) is 18.4 Å². The number of nitrogens with one attached hydrogen (secondary N) is 1. The molecule has 0 saturated heterocycles. The summed E-state index contributed by atoms with van der Waals surface area (Å²) in [7, 11) is 0. The SMILES string of the molecule is Cc1ccc(NC(=O)CCCn2nnc(-c3ccccc3)n2)cc1OC(F)F. The van der Waals surface area contributed by atoms with E-state index >= 15 is 0 Å². The number of benzene rings is 2. The van der Waals surface area contributed by atoms with Gasteiger partial charge in [-0.15, -0.1) is 10.2 Å². The van der Waals surface area contributed by atoms with Gasteiger partial charge in [-0.2, -0.15) is 13.6 Å². The van der Waals surface area contributed by atoms with Crippen LogP contribution in [0.4, 0.5) is 14.5 Å². The van der Waals surface area contributed by atoms with E-state index < -0.39 is 6.61 Å². The third-order valence-electron chi connectivity index (χ3n) is 3.93. The average Bonchev–Trinajstić information content (AvgIpc) is 3.14. The number of tetrazole rings is 1. The number of anilines is 1. The first-order valence-electron chi connectivity index (χ1n) is 8.70. The molecule has 0 radical (unpaired) electrons. The highest BCUT2D eigenvalue weighted by Crippen LogP contribution is 2.24. The van der Waals surface area contributed by atoms with Gasteiger partial charge in [0.15, 0.2) is 0 Å². The average molecular weight is 387 g/mol. The number of alkyl halides is 2. The van der Waals surface area contributed by atoms with Gasteiger partial charge in [-0.25, -0.2) is 0 Å². The number of carbonyl (C=O) groups excluding carboxylic acids is 1. The van der Waals surface area contributed by atoms with E-state index in [9.17, 15) is 13.6 Å². The summed E-state index contributed by atoms with van der Waals surface area (Å²) in [5, 5.41) is 14.9. The largest absolute Gasteiger partial charge is 0.434 e. The molecular formula is C19H19F2N5O2. The van der Waals surface area contributed by atoms with Crippen LogP contribution in [0, 0.1) is 6.92 Å². The van der Waals surface area contributed by atoms with Gasteiger partial charge in [0, 0.05) is 23.7 Å². The number of carbonyl (C=O) groups is 1. The van der Waals surface area contributed by atoms with Crippen molar-refractivity contribution in [1.29, 1.82) is 0 Å². The Morgan fingerprint density at radius 1 is 1.21 bits per heavy atom. The Balaban J connectivity index is 1.49. The number of rotatable bonds is 8. The molecule has 0 aliphatic rings. The third-order valence-corrected chi connectivity index (χ3v) is 3.93. The molecule has 3 rings (SSSR count). The number of nitrogens with zero attached hydrogens (tertiary/aromatic N) is 4. The van der Waals surface area contributed by atoms with Gasteiger partial charge in [0.25, 0.3) is 0 Å². The van der Waals surface area contributed by atoms with Gasteiger partial charge < -0.3 is 10.1 Å². The fraction of sp³-hybridized carbons (Fsp3) is 0.263. The highest BCUT2D eigenvalue weighted by atomic mass is 19.3. The van der Waals surface area contributed by atoms with Crippen molar-refractivity contribution < 1.29 is 18.3 Å². The third kappa shape index (κ3) is 5.32. The Labute approximate surface area is 160 Å². The Morgan fingerprint density at radius 3 is 2.75 bits per heavy atom. The number of aryl methyl sites for hydroxylation is 2. The molecule has 1 amide bonds. The van der Waals surface area contributed by atoms with Gasteiger partial charge in [0.05, 0.1) is 6.54 Å². The van der Waals surface area contributed by atoms with Crippen molar-refractivity contribution >= 4 is 11.6 Å². The van der Waals surface area contributed by atoms with Crippen LogP contribution >= 0.6 is 0 Å². The highest BCUT2D eigenvalue weighted by molar-refractivity contribution is 5.90. The van der Waals surface area contributed by atoms with Crippen LogP contribution in [0.5, 0.6) is 5.75 Å². The van der Waals surface area contributed by atoms with Crippen molar-refractivity contribution in [3.63, 3.8) is 0 Å². The van der Waals surface area contributed by atoms with Crippen molar-refractivity contribution in [3.8, 4) is 17.1 Å². The summed E-state index contributed by atoms with van der Waals surface area (Å²) in [5.41, 5.74) is 1.83. The van der Waals surface area contributed by atoms with Crippen molar-refractivity contribution in [2.24, 2.45) is 0 Å². The van der Waals surface area contributed by atoms with Crippen LogP contribution < -0.4 is 10.1 Å². The summed E-state index contributed by atoms with van der Waals surface area (Å²) in [6.45, 7) is -0.834. The number of halogens is 2. The van der Waals surface area contributed by atoms with Gasteiger partial charge in [0.2, 0.25) is 11.7 Å². The van der Waals surface area contributed by atoms with Crippen LogP contribution in [0.2, 0.25) is 0 Å². The molecular weight excluding hydrogens is 368 g/mol. The van der Waals surface area contributed by atoms with E-state index in [1.807, 2.05) is 30.3 Å². The molecule has 7 nitrogen and oxygen atoms in total. The number of aromatic nitrogens is 4. The lowest BCUT2D eigenvalue weighted by atomic mass is 10.2. The summed E-state index contributed by atoms with van der Waals surface area (Å²) in [4.78, 5) is 13.5. The minimum absolute atomic E-state index is 0.0352. The molecule has 28 heavy (non-hydrogen) atoms. The van der Waals surface area contributed by atoms with Crippen LogP contribution in [0.25, 0.3) is 11.4 Å². The predicted octanol–water partition coefficient (Wildman–Crippen LogP) is 3.67. The first-order valence-corrected chi connectivity index (χ1v) is 8.70. The second kappa shape index (κ2) is 9.03. The number of ether oxygens (including phenoxy) is 1. The standard InChI is InChI=1S/C19H19F2N5O2/c1-13-9-10-15(12-16(13)28-19(20)21)22-17(27)8-5-11-26-24-18(23-25-26)14-6-3-2-4-7-14/h2-4,6-7,9-10,12,19H,5,8,11H2,1H3,(H,22,27). The molecule has 0 saturated carbocycles. The lowest BCUT2D eigenvalue weighted by molar-refractivity contribution is -0.116. The van der Waals surface area contributed by atoms with Gasteiger partial charge >= 0.3 is 6.61 Å². The van der Waals surface area contributed by atoms with E-state index in [0.717, 1.165) is 5.56 Å². The summed E-state index contributed by atoms with van der Waals surface area (Å²) in [6.07, 6.45) is 0.726. The fourth-order valence-electron chi connectivity index (χ4n) is 2.55. The van der Waals surface area contributed by atoms with Crippen LogP contribution in [-0.2, 0) is 11.3 Å². The van der Waals surface area contributed by atoms with E-state index in [-0.39, 0.29) is 18.1 Å². The highest BCUT2D eigenvalue weighted by Gasteiger charge is 2.10. The monoisotopic (exact) mass is 387 g/mol. The number of hydrogen-bond acceptors (Lipinski definition) is 5. The molecule has 2 aromatic carbocycles. The molecule has 0 aliphatic carbocycles. The molecule has 0 spiro atoms. The molecule has 0 atom stereocenters. The van der Waals surface area contributed by atoms with Crippen LogP contribution in [-0.4, -0.2) is 32.7 Å². The van der Waals surface area contributed by atoms with E-state index in [1.54, 1.807) is 19.1 Å². The Hall–Kier alpha value is -3.36. The molecule has 1 aromatic heterocycles. The first kappa shape index (κ1) is 19.4. The maximum atomic E-state index is 12.4. The first-order chi connectivity index (χ1) is 13.5. The predicted molar refractivity (Wildman–Crippen MR) is 98.9 cm³/mol. The van der Waals surface area contributed by atoms with Crippen LogP contribution in [0.3, 0.4) is 0 Å². The van der Waals surface area contributed by atoms with E-state index in [4.69, 9.17) is 0 Å². The normalized spacial score (nSPS) is 10.9. The Kier molecular flexibility index (Phi) is 6.25. The smallest absolute Gasteiger partial charge is 0.387 e. The maximum absolute atomic E-state index is 12.4. The minimum atomic E-state index is -2.92. The number of hydrogen-bond donors (Lipinski definition) is 1. The molecule has 0 unspecified atom stereocenters. The summed E-state index contributed by atoms with van der Waals surface area (Å²) < 4.78 is 29.2. The van der Waals surface area contributed by atoms with Gasteiger partial charge in [-0.3, -0.25) is 4.79 Å². The number of amides is 1. The fourth-order valence-corrected chi connectivity index (χ4v) is 2.55. The van der Waals surface area contributed by atoms with E-state index in [0.29, 0.717) is 30.0 Å². The van der Waals surface area contributed by atoms with Crippen molar-refractivity contribution in [2.75, 3.05) is 5.32 Å². The molecule has 0 bridgehead atoms. The quantitative estimate of drug-likeness (QED) is 0.638. The van der Waals surface area contributed by atoms with E-state index in [1.165, 1.54) is 10.9 Å². The maximum Gasteiger partial charge on any atom is 0.387 e. The second-order valence-corrected chi connectivity index (χ2v) is 6.09.